The van der Waals surface area contributed by atoms with Crippen LogP contribution in [0.2, 0.25) is 0 Å². The number of fused-ring (bicyclic) bond motifs is 1. The highest BCUT2D eigenvalue weighted by atomic mass is 32.1. The number of amides is 1. The molecule has 1 saturated heterocycles. The van der Waals surface area contributed by atoms with Crippen LogP contribution < -0.4 is 10.9 Å². The van der Waals surface area contributed by atoms with Crippen molar-refractivity contribution in [3.05, 3.63) is 87.0 Å². The molecule has 1 amide bonds. The van der Waals surface area contributed by atoms with E-state index in [2.05, 4.69) is 20.5 Å². The summed E-state index contributed by atoms with van der Waals surface area (Å²) in [5.74, 6) is -0.874. The molecule has 2 aromatic heterocycles. The molecular formula is C23H20FN5O2S. The van der Waals surface area contributed by atoms with Crippen LogP contribution >= 0.6 is 11.3 Å². The maximum absolute atomic E-state index is 14.6. The number of nitrogens with zero attached hydrogens (tertiary/aromatic N) is 3. The van der Waals surface area contributed by atoms with Gasteiger partial charge in [0.05, 0.1) is 16.6 Å². The van der Waals surface area contributed by atoms with Gasteiger partial charge in [-0.15, -0.1) is 11.3 Å². The van der Waals surface area contributed by atoms with Gasteiger partial charge in [-0.05, 0) is 30.2 Å². The summed E-state index contributed by atoms with van der Waals surface area (Å²) < 4.78 is 14.6. The first-order chi connectivity index (χ1) is 15.6. The molecule has 162 valence electrons. The number of nitrogens with one attached hydrogen (secondary N) is 2. The highest BCUT2D eigenvalue weighted by Gasteiger charge is 2.29. The Morgan fingerprint density at radius 1 is 1.25 bits per heavy atom. The van der Waals surface area contributed by atoms with Crippen molar-refractivity contribution in [2.75, 3.05) is 18.4 Å². The molecule has 1 aliphatic heterocycles. The second kappa shape index (κ2) is 8.51. The van der Waals surface area contributed by atoms with Crippen molar-refractivity contribution in [3.63, 3.8) is 0 Å². The molecule has 5 rings (SSSR count). The van der Waals surface area contributed by atoms with Gasteiger partial charge in [-0.3, -0.25) is 9.59 Å². The molecule has 4 aromatic rings. The summed E-state index contributed by atoms with van der Waals surface area (Å²) in [5.41, 5.74) is 1.20. The maximum Gasteiger partial charge on any atom is 0.272 e. The van der Waals surface area contributed by atoms with Crippen molar-refractivity contribution in [2.24, 2.45) is 0 Å². The van der Waals surface area contributed by atoms with Crippen LogP contribution in [0.1, 0.15) is 28.0 Å². The zero-order valence-corrected chi connectivity index (χ0v) is 17.9. The van der Waals surface area contributed by atoms with Crippen LogP contribution in [0.3, 0.4) is 0 Å². The van der Waals surface area contributed by atoms with Crippen LogP contribution in [0.4, 0.5) is 9.52 Å². The predicted molar refractivity (Wildman–Crippen MR) is 122 cm³/mol. The van der Waals surface area contributed by atoms with Crippen molar-refractivity contribution in [1.29, 1.82) is 0 Å². The van der Waals surface area contributed by atoms with Crippen LogP contribution in [-0.2, 0) is 6.42 Å². The average molecular weight is 450 g/mol. The van der Waals surface area contributed by atoms with Crippen LogP contribution in [0, 0.1) is 5.82 Å². The molecule has 7 nitrogen and oxygen atoms in total. The summed E-state index contributed by atoms with van der Waals surface area (Å²) in [7, 11) is 0. The van der Waals surface area contributed by atoms with Crippen LogP contribution in [0.15, 0.2) is 58.8 Å². The second-order valence-electron chi connectivity index (χ2n) is 7.75. The smallest absolute Gasteiger partial charge is 0.272 e. The van der Waals surface area contributed by atoms with Crippen LogP contribution in [0.5, 0.6) is 0 Å². The Morgan fingerprint density at radius 2 is 2.09 bits per heavy atom. The predicted octanol–water partition coefficient (Wildman–Crippen LogP) is 3.44. The van der Waals surface area contributed by atoms with Gasteiger partial charge in [0.25, 0.3) is 11.5 Å². The summed E-state index contributed by atoms with van der Waals surface area (Å²) in [6, 6.07) is 11.8. The van der Waals surface area contributed by atoms with Gasteiger partial charge in [-0.1, -0.05) is 24.3 Å². The Morgan fingerprint density at radius 3 is 2.91 bits per heavy atom. The van der Waals surface area contributed by atoms with E-state index in [0.717, 1.165) is 22.5 Å². The first-order valence-corrected chi connectivity index (χ1v) is 11.2. The molecule has 2 N–H and O–H groups in total. The van der Waals surface area contributed by atoms with E-state index in [4.69, 9.17) is 0 Å². The van der Waals surface area contributed by atoms with E-state index >= 15 is 0 Å². The number of likely N-dealkylation sites (tertiary alicyclic amines) is 1. The zero-order chi connectivity index (χ0) is 22.1. The number of anilines is 1. The Labute approximate surface area is 186 Å². The average Bonchev–Trinajstić information content (AvgIpc) is 3.49. The van der Waals surface area contributed by atoms with Crippen molar-refractivity contribution in [2.45, 2.75) is 18.9 Å². The number of hydrogen-bond acceptors (Lipinski definition) is 6. The monoisotopic (exact) mass is 449 g/mol. The molecule has 0 unspecified atom stereocenters. The number of benzene rings is 2. The molecule has 1 fully saturated rings. The molecule has 0 radical (unpaired) electrons. The molecule has 32 heavy (non-hydrogen) atoms. The van der Waals surface area contributed by atoms with Crippen LogP contribution in [0.25, 0.3) is 10.8 Å². The molecule has 2 aromatic carbocycles. The Balaban J connectivity index is 1.36. The molecule has 1 atom stereocenters. The lowest BCUT2D eigenvalue weighted by Crippen LogP contribution is -2.32. The SMILES string of the molecule is O=C(c1cc(Cc2n[nH]c(=O)c3ccccc23)ccc1F)N1CC[C@@H](Nc2nccs2)C1. The number of carbonyl (C=O) groups excluding carboxylic acids is 1. The van der Waals surface area contributed by atoms with Gasteiger partial charge in [0.1, 0.15) is 5.82 Å². The molecule has 0 saturated carbocycles. The number of carbonyl (C=O) groups is 1. The van der Waals surface area contributed by atoms with Crippen molar-refractivity contribution >= 4 is 33.1 Å². The van der Waals surface area contributed by atoms with Gasteiger partial charge in [0, 0.05) is 42.5 Å². The van der Waals surface area contributed by atoms with Crippen LogP contribution in [-0.4, -0.2) is 45.1 Å². The first-order valence-electron chi connectivity index (χ1n) is 10.3. The van der Waals surface area contributed by atoms with Crippen molar-refractivity contribution in [1.82, 2.24) is 20.1 Å². The molecule has 1 aliphatic rings. The second-order valence-corrected chi connectivity index (χ2v) is 8.65. The fourth-order valence-electron chi connectivity index (χ4n) is 4.05. The zero-order valence-electron chi connectivity index (χ0n) is 17.0. The summed E-state index contributed by atoms with van der Waals surface area (Å²) in [6.07, 6.45) is 2.87. The maximum atomic E-state index is 14.6. The fourth-order valence-corrected chi connectivity index (χ4v) is 4.66. The number of aromatic amines is 1. The molecule has 0 aliphatic carbocycles. The standard InChI is InChI=1S/C23H20FN5O2S/c24-19-6-5-14(12-20-16-3-1-2-4-17(16)21(30)28-27-20)11-18(19)22(31)29-9-7-15(13-29)26-23-25-8-10-32-23/h1-6,8,10-11,15H,7,9,12-13H2,(H,25,26)(H,28,30)/t15-/m1/s1. The number of H-pyrrole nitrogens is 1. The fraction of sp³-hybridized carbons (Fsp3) is 0.217. The molecule has 9 heteroatoms. The van der Waals surface area contributed by atoms with E-state index in [-0.39, 0.29) is 23.1 Å². The van der Waals surface area contributed by atoms with E-state index in [9.17, 15) is 14.0 Å². The lowest BCUT2D eigenvalue weighted by molar-refractivity contribution is 0.0787. The molecule has 0 bridgehead atoms. The summed E-state index contributed by atoms with van der Waals surface area (Å²) in [4.78, 5) is 31.0. The van der Waals surface area contributed by atoms with Gasteiger partial charge in [-0.25, -0.2) is 14.5 Å². The van der Waals surface area contributed by atoms with E-state index in [0.29, 0.717) is 30.6 Å². The number of halogens is 1. The topological polar surface area (TPSA) is 91.0 Å². The summed E-state index contributed by atoms with van der Waals surface area (Å²) in [6.45, 7) is 1.05. The minimum Gasteiger partial charge on any atom is -0.357 e. The third-order valence-corrected chi connectivity index (χ3v) is 6.35. The Hall–Kier alpha value is -3.59. The van der Waals surface area contributed by atoms with Gasteiger partial charge >= 0.3 is 0 Å². The minimum atomic E-state index is -0.547. The van der Waals surface area contributed by atoms with Gasteiger partial charge < -0.3 is 10.2 Å². The molecular weight excluding hydrogens is 429 g/mol. The van der Waals surface area contributed by atoms with E-state index in [1.165, 1.54) is 17.4 Å². The van der Waals surface area contributed by atoms with Gasteiger partial charge in [-0.2, -0.15) is 5.10 Å². The number of rotatable bonds is 5. The third kappa shape index (κ3) is 3.99. The lowest BCUT2D eigenvalue weighted by Gasteiger charge is -2.18. The van der Waals surface area contributed by atoms with Gasteiger partial charge in [0.15, 0.2) is 5.13 Å². The summed E-state index contributed by atoms with van der Waals surface area (Å²) in [5, 5.41) is 14.0. The Kier molecular flexibility index (Phi) is 5.40. The highest BCUT2D eigenvalue weighted by Crippen LogP contribution is 2.22. The quantitative estimate of drug-likeness (QED) is 0.487. The normalized spacial score (nSPS) is 15.9. The molecule has 0 spiro atoms. The Bertz CT molecular complexity index is 1340. The summed E-state index contributed by atoms with van der Waals surface area (Å²) >= 11 is 1.51. The first kappa shape index (κ1) is 20.3. The van der Waals surface area contributed by atoms with Crippen molar-refractivity contribution in [3.8, 4) is 0 Å². The van der Waals surface area contributed by atoms with Gasteiger partial charge in [0.2, 0.25) is 0 Å². The van der Waals surface area contributed by atoms with E-state index in [1.807, 2.05) is 17.5 Å². The number of aromatic nitrogens is 3. The third-order valence-electron chi connectivity index (χ3n) is 5.64. The van der Waals surface area contributed by atoms with E-state index < -0.39 is 5.82 Å². The number of hydrogen-bond donors (Lipinski definition) is 2. The largest absolute Gasteiger partial charge is 0.357 e. The molecule has 3 heterocycles. The lowest BCUT2D eigenvalue weighted by atomic mass is 10.0. The van der Waals surface area contributed by atoms with E-state index in [1.54, 1.807) is 35.4 Å². The highest BCUT2D eigenvalue weighted by molar-refractivity contribution is 7.13. The number of thiazole rings is 1. The van der Waals surface area contributed by atoms with Crippen molar-refractivity contribution < 1.29 is 9.18 Å². The minimum absolute atomic E-state index is 0.0473.